The van der Waals surface area contributed by atoms with Gasteiger partial charge in [-0.15, -0.1) is 0 Å². The fraction of sp³-hybridized carbons (Fsp3) is 0.200. The van der Waals surface area contributed by atoms with Gasteiger partial charge in [-0.1, -0.05) is 39.7 Å². The van der Waals surface area contributed by atoms with Crippen LogP contribution in [0.5, 0.6) is 11.5 Å². The molecule has 2 rings (SSSR count). The number of ether oxygens (including phenoxy) is 2. The molecule has 2 aromatic rings. The Bertz CT molecular complexity index is 617. The van der Waals surface area contributed by atoms with Crippen LogP contribution in [0, 0.1) is 0 Å². The predicted molar refractivity (Wildman–Crippen MR) is 89.5 cm³/mol. The van der Waals surface area contributed by atoms with Crippen LogP contribution in [0.3, 0.4) is 0 Å². The first kappa shape index (κ1) is 15.7. The van der Waals surface area contributed by atoms with Crippen molar-refractivity contribution in [2.24, 2.45) is 0 Å². The van der Waals surface area contributed by atoms with Crippen LogP contribution in [0.2, 0.25) is 5.02 Å². The molecule has 0 radical (unpaired) electrons. The second kappa shape index (κ2) is 6.83. The van der Waals surface area contributed by atoms with Gasteiger partial charge in [-0.25, -0.2) is 0 Å². The Labute approximate surface area is 140 Å². The van der Waals surface area contributed by atoms with Crippen molar-refractivity contribution in [3.8, 4) is 11.5 Å². The summed E-state index contributed by atoms with van der Waals surface area (Å²) < 4.78 is 11.5. The van der Waals surface area contributed by atoms with Crippen LogP contribution >= 0.6 is 43.5 Å². The Morgan fingerprint density at radius 2 is 1.80 bits per heavy atom. The second-order valence-corrected chi connectivity index (χ2v) is 6.32. The summed E-state index contributed by atoms with van der Waals surface area (Å²) in [5, 5.41) is 0.680. The molecule has 20 heavy (non-hydrogen) atoms. The number of alkyl halides is 1. The van der Waals surface area contributed by atoms with E-state index in [9.17, 15) is 0 Å². The maximum Gasteiger partial charge on any atom is 0.127 e. The molecular formula is C15H13Br2ClO2. The van der Waals surface area contributed by atoms with Crippen molar-refractivity contribution >= 4 is 43.5 Å². The highest BCUT2D eigenvalue weighted by molar-refractivity contribution is 9.10. The third-order valence-electron chi connectivity index (χ3n) is 2.95. The van der Waals surface area contributed by atoms with Gasteiger partial charge in [0.05, 0.1) is 24.1 Å². The van der Waals surface area contributed by atoms with Gasteiger partial charge in [0.25, 0.3) is 0 Å². The van der Waals surface area contributed by atoms with E-state index in [1.807, 2.05) is 36.4 Å². The number of hydrogen-bond donors (Lipinski definition) is 0. The Kier molecular flexibility index (Phi) is 5.35. The molecule has 0 saturated carbocycles. The minimum absolute atomic E-state index is 0.00560. The van der Waals surface area contributed by atoms with Crippen molar-refractivity contribution in [3.63, 3.8) is 0 Å². The van der Waals surface area contributed by atoms with Gasteiger partial charge in [0, 0.05) is 16.1 Å². The number of hydrogen-bond acceptors (Lipinski definition) is 2. The van der Waals surface area contributed by atoms with Gasteiger partial charge in [0.1, 0.15) is 11.5 Å². The molecule has 0 saturated heterocycles. The van der Waals surface area contributed by atoms with Crippen LogP contribution < -0.4 is 9.47 Å². The van der Waals surface area contributed by atoms with E-state index in [0.717, 1.165) is 27.1 Å². The summed E-state index contributed by atoms with van der Waals surface area (Å²) in [5.41, 5.74) is 2.08. The van der Waals surface area contributed by atoms with Crippen molar-refractivity contribution in [2.75, 3.05) is 14.2 Å². The smallest absolute Gasteiger partial charge is 0.127 e. The Hall–Kier alpha value is -0.710. The Morgan fingerprint density at radius 1 is 1.05 bits per heavy atom. The first-order chi connectivity index (χ1) is 9.56. The third kappa shape index (κ3) is 3.30. The topological polar surface area (TPSA) is 18.5 Å². The van der Waals surface area contributed by atoms with Crippen molar-refractivity contribution in [1.82, 2.24) is 0 Å². The molecule has 0 aromatic heterocycles. The zero-order valence-corrected chi connectivity index (χ0v) is 14.9. The summed E-state index contributed by atoms with van der Waals surface area (Å²) in [6, 6.07) is 11.6. The van der Waals surface area contributed by atoms with Gasteiger partial charge >= 0.3 is 0 Å². The Balaban J connectivity index is 2.41. The first-order valence-corrected chi connectivity index (χ1v) is 7.96. The molecule has 0 heterocycles. The monoisotopic (exact) mass is 418 g/mol. The largest absolute Gasteiger partial charge is 0.497 e. The summed E-state index contributed by atoms with van der Waals surface area (Å²) in [5.74, 6) is 1.53. The lowest BCUT2D eigenvalue weighted by molar-refractivity contribution is 0.391. The van der Waals surface area contributed by atoms with Crippen molar-refractivity contribution in [1.29, 1.82) is 0 Å². The van der Waals surface area contributed by atoms with Crippen LogP contribution in [0.4, 0.5) is 0 Å². The summed E-state index contributed by atoms with van der Waals surface area (Å²) in [6.07, 6.45) is 0. The van der Waals surface area contributed by atoms with E-state index in [0.29, 0.717) is 5.02 Å². The summed E-state index contributed by atoms with van der Waals surface area (Å²) in [7, 11) is 3.28. The molecule has 0 N–H and O–H groups in total. The van der Waals surface area contributed by atoms with Gasteiger partial charge in [0.15, 0.2) is 0 Å². The molecule has 2 aromatic carbocycles. The average molecular weight is 421 g/mol. The molecule has 0 fully saturated rings. The van der Waals surface area contributed by atoms with E-state index >= 15 is 0 Å². The molecule has 0 aliphatic carbocycles. The quantitative estimate of drug-likeness (QED) is 0.599. The van der Waals surface area contributed by atoms with Gasteiger partial charge in [-0.3, -0.25) is 0 Å². The molecule has 0 bridgehead atoms. The van der Waals surface area contributed by atoms with Crippen LogP contribution in [-0.2, 0) is 0 Å². The van der Waals surface area contributed by atoms with Crippen LogP contribution in [0.15, 0.2) is 40.9 Å². The minimum atomic E-state index is -0.00560. The number of methoxy groups -OCH3 is 2. The molecule has 0 spiro atoms. The van der Waals surface area contributed by atoms with Crippen LogP contribution in [0.1, 0.15) is 16.0 Å². The minimum Gasteiger partial charge on any atom is -0.497 e. The van der Waals surface area contributed by atoms with E-state index in [1.54, 1.807) is 14.2 Å². The Morgan fingerprint density at radius 3 is 2.40 bits per heavy atom. The van der Waals surface area contributed by atoms with Crippen LogP contribution in [0.25, 0.3) is 0 Å². The molecule has 0 aliphatic rings. The highest BCUT2D eigenvalue weighted by Crippen LogP contribution is 2.39. The van der Waals surface area contributed by atoms with Gasteiger partial charge in [-0.2, -0.15) is 0 Å². The van der Waals surface area contributed by atoms with Crippen molar-refractivity contribution < 1.29 is 9.47 Å². The zero-order chi connectivity index (χ0) is 14.7. The third-order valence-corrected chi connectivity index (χ3v) is 5.20. The summed E-state index contributed by atoms with van der Waals surface area (Å²) >= 11 is 13.2. The van der Waals surface area contributed by atoms with E-state index < -0.39 is 0 Å². The molecule has 5 heteroatoms. The molecule has 106 valence electrons. The number of rotatable bonds is 4. The molecule has 0 amide bonds. The van der Waals surface area contributed by atoms with E-state index in [4.69, 9.17) is 21.1 Å². The normalized spacial score (nSPS) is 12.1. The van der Waals surface area contributed by atoms with E-state index in [2.05, 4.69) is 31.9 Å². The van der Waals surface area contributed by atoms with Crippen LogP contribution in [-0.4, -0.2) is 14.2 Å². The highest BCUT2D eigenvalue weighted by Gasteiger charge is 2.17. The first-order valence-electron chi connectivity index (χ1n) is 5.87. The predicted octanol–water partition coefficient (Wildman–Crippen LogP) is 5.60. The lowest BCUT2D eigenvalue weighted by Gasteiger charge is -2.16. The summed E-state index contributed by atoms with van der Waals surface area (Å²) in [6.45, 7) is 0. The van der Waals surface area contributed by atoms with E-state index in [1.165, 1.54) is 0 Å². The lowest BCUT2D eigenvalue weighted by atomic mass is 10.0. The molecular weight excluding hydrogens is 407 g/mol. The molecule has 1 unspecified atom stereocenters. The molecule has 0 aliphatic heterocycles. The second-order valence-electron chi connectivity index (χ2n) is 4.14. The van der Waals surface area contributed by atoms with Gasteiger partial charge in [0.2, 0.25) is 0 Å². The summed E-state index contributed by atoms with van der Waals surface area (Å²) in [4.78, 5) is -0.00560. The molecule has 2 nitrogen and oxygen atoms in total. The highest BCUT2D eigenvalue weighted by atomic mass is 79.9. The van der Waals surface area contributed by atoms with Gasteiger partial charge < -0.3 is 9.47 Å². The van der Waals surface area contributed by atoms with Crippen molar-refractivity contribution in [3.05, 3.63) is 57.0 Å². The SMILES string of the molecule is COc1ccc(C(Br)c2ccc(Br)c(Cl)c2)c(OC)c1. The maximum atomic E-state index is 6.15. The fourth-order valence-corrected chi connectivity index (χ4v) is 2.98. The molecule has 1 atom stereocenters. The standard InChI is InChI=1S/C15H13Br2ClO2/c1-19-10-4-5-11(14(8-10)20-2)15(17)9-3-6-12(16)13(18)7-9/h3-8,15H,1-2H3. The maximum absolute atomic E-state index is 6.15. The van der Waals surface area contributed by atoms with E-state index in [-0.39, 0.29) is 4.83 Å². The van der Waals surface area contributed by atoms with Gasteiger partial charge in [-0.05, 0) is 39.7 Å². The average Bonchev–Trinajstić information content (AvgIpc) is 2.48. The zero-order valence-electron chi connectivity index (χ0n) is 11.0. The fourth-order valence-electron chi connectivity index (χ4n) is 1.88. The van der Waals surface area contributed by atoms with Crippen molar-refractivity contribution in [2.45, 2.75) is 4.83 Å². The number of halogens is 3. The number of benzene rings is 2. The lowest BCUT2D eigenvalue weighted by Crippen LogP contribution is -1.98.